The number of hydrogen-bond donors (Lipinski definition) is 3. The first-order valence-electron chi connectivity index (χ1n) is 17.7. The van der Waals surface area contributed by atoms with Crippen molar-refractivity contribution in [2.45, 2.75) is 25.2 Å². The summed E-state index contributed by atoms with van der Waals surface area (Å²) in [6, 6.07) is 54.3. The summed E-state index contributed by atoms with van der Waals surface area (Å²) in [6.45, 7) is 0. The summed E-state index contributed by atoms with van der Waals surface area (Å²) in [7, 11) is 0. The molecule has 252 valence electrons. The molecule has 0 aromatic heterocycles. The van der Waals surface area contributed by atoms with Crippen molar-refractivity contribution in [3.63, 3.8) is 0 Å². The first kappa shape index (κ1) is 31.3. The van der Waals surface area contributed by atoms with Crippen molar-refractivity contribution >= 4 is 22.9 Å². The van der Waals surface area contributed by atoms with Crippen LogP contribution >= 0.6 is 0 Å². The number of nitrogens with zero attached hydrogens (tertiary/aromatic N) is 2. The number of nitrogen functional groups attached to an aromatic ring is 1. The fraction of sp³-hybridized carbons (Fsp3) is 0.0870. The molecule has 2 aliphatic heterocycles. The van der Waals surface area contributed by atoms with Gasteiger partial charge in [-0.25, -0.2) is 9.98 Å². The summed E-state index contributed by atoms with van der Waals surface area (Å²) in [5.41, 5.74) is 19.5. The van der Waals surface area contributed by atoms with Crippen molar-refractivity contribution in [3.05, 3.63) is 203 Å². The smallest absolute Gasteiger partial charge is 0.196 e. The molecule has 0 saturated carbocycles. The Hall–Kier alpha value is -6.66. The van der Waals surface area contributed by atoms with Gasteiger partial charge in [-0.2, -0.15) is 0 Å². The molecular weight excluding hydrogens is 639 g/mol. The predicted octanol–water partition coefficient (Wildman–Crippen LogP) is 9.81. The third-order valence-electron chi connectivity index (χ3n) is 9.87. The molecule has 1 saturated heterocycles. The van der Waals surface area contributed by atoms with E-state index in [0.29, 0.717) is 0 Å². The van der Waals surface area contributed by atoms with Crippen LogP contribution in [0.25, 0.3) is 27.8 Å². The first-order chi connectivity index (χ1) is 25.7. The van der Waals surface area contributed by atoms with Crippen molar-refractivity contribution in [1.82, 2.24) is 10.6 Å². The zero-order valence-electron chi connectivity index (χ0n) is 28.5. The van der Waals surface area contributed by atoms with Crippen molar-refractivity contribution in [2.24, 2.45) is 9.98 Å². The molecule has 1 aliphatic carbocycles. The second kappa shape index (κ2) is 13.6. The lowest BCUT2D eigenvalue weighted by atomic mass is 9.91. The van der Waals surface area contributed by atoms with E-state index in [1.165, 1.54) is 5.57 Å². The molecule has 9 rings (SSSR count). The van der Waals surface area contributed by atoms with Crippen LogP contribution in [-0.2, 0) is 4.74 Å². The van der Waals surface area contributed by atoms with Crippen LogP contribution in [0.2, 0.25) is 0 Å². The molecule has 2 heterocycles. The summed E-state index contributed by atoms with van der Waals surface area (Å²) in [6.07, 6.45) is 3.58. The number of nitrogens with two attached hydrogens (primary N) is 1. The molecule has 6 aromatic rings. The molecule has 3 aliphatic rings. The Morgan fingerprint density at radius 1 is 0.577 bits per heavy atom. The number of fused-ring (bicyclic) bond motifs is 1. The minimum atomic E-state index is -0.228. The molecule has 0 bridgehead atoms. The summed E-state index contributed by atoms with van der Waals surface area (Å²) >= 11 is 0. The van der Waals surface area contributed by atoms with Crippen LogP contribution in [0.3, 0.4) is 0 Å². The van der Waals surface area contributed by atoms with Gasteiger partial charge in [-0.05, 0) is 58.4 Å². The van der Waals surface area contributed by atoms with Crippen LogP contribution < -0.4 is 16.4 Å². The lowest BCUT2D eigenvalue weighted by Gasteiger charge is -2.23. The Labute approximate surface area is 303 Å². The molecule has 52 heavy (non-hydrogen) atoms. The highest BCUT2D eigenvalue weighted by atomic mass is 16.5. The van der Waals surface area contributed by atoms with Crippen molar-refractivity contribution in [1.29, 1.82) is 0 Å². The normalized spacial score (nSPS) is 17.9. The molecule has 0 amide bonds. The second-order valence-corrected chi connectivity index (χ2v) is 13.2. The Morgan fingerprint density at radius 3 is 1.81 bits per heavy atom. The van der Waals surface area contributed by atoms with Crippen molar-refractivity contribution in [2.75, 3.05) is 5.73 Å². The van der Waals surface area contributed by atoms with Gasteiger partial charge in [-0.3, -0.25) is 0 Å². The Kier molecular flexibility index (Phi) is 8.18. The summed E-state index contributed by atoms with van der Waals surface area (Å²) < 4.78 is 6.30. The SMILES string of the molecule is Nc1cc(-c2ccc(-c3ccc(C4=NC(c5ccccc5)=NC(c5ccccc5)N4)cc3)cc2)ccc1C1=C2NC(c3ccccc3)OC2=CCC1. The Bertz CT molecular complexity index is 2360. The van der Waals surface area contributed by atoms with Gasteiger partial charge in [0.1, 0.15) is 17.8 Å². The van der Waals surface area contributed by atoms with Crippen LogP contribution in [0.1, 0.15) is 53.1 Å². The van der Waals surface area contributed by atoms with Gasteiger partial charge in [0.15, 0.2) is 12.1 Å². The van der Waals surface area contributed by atoms with Crippen LogP contribution in [0.5, 0.6) is 0 Å². The molecule has 1 fully saturated rings. The van der Waals surface area contributed by atoms with Gasteiger partial charge in [0.05, 0.1) is 5.70 Å². The van der Waals surface area contributed by atoms with Crippen LogP contribution in [0.4, 0.5) is 5.69 Å². The van der Waals surface area contributed by atoms with E-state index in [9.17, 15) is 0 Å². The van der Waals surface area contributed by atoms with E-state index in [4.69, 9.17) is 20.5 Å². The minimum Gasteiger partial charge on any atom is -0.465 e. The van der Waals surface area contributed by atoms with Crippen molar-refractivity contribution in [3.8, 4) is 22.3 Å². The number of benzene rings is 6. The molecule has 6 heteroatoms. The largest absolute Gasteiger partial charge is 0.465 e. The molecule has 6 nitrogen and oxygen atoms in total. The average Bonchev–Trinajstić information content (AvgIpc) is 3.67. The van der Waals surface area contributed by atoms with E-state index in [1.807, 2.05) is 66.7 Å². The van der Waals surface area contributed by atoms with Gasteiger partial charge in [0.25, 0.3) is 0 Å². The lowest BCUT2D eigenvalue weighted by Crippen LogP contribution is -2.33. The Morgan fingerprint density at radius 2 is 1.15 bits per heavy atom. The molecule has 0 radical (unpaired) electrons. The predicted molar refractivity (Wildman–Crippen MR) is 211 cm³/mol. The molecule has 2 atom stereocenters. The molecular formula is C46H37N5O. The van der Waals surface area contributed by atoms with Gasteiger partial charge in [-0.1, -0.05) is 152 Å². The number of rotatable bonds is 7. The number of hydrogen-bond acceptors (Lipinski definition) is 6. The average molecular weight is 676 g/mol. The molecule has 2 unspecified atom stereocenters. The second-order valence-electron chi connectivity index (χ2n) is 13.2. The topological polar surface area (TPSA) is 84.0 Å². The Balaban J connectivity index is 0.935. The lowest BCUT2D eigenvalue weighted by molar-refractivity contribution is 0.147. The first-order valence-corrected chi connectivity index (χ1v) is 17.7. The quantitative estimate of drug-likeness (QED) is 0.147. The van der Waals surface area contributed by atoms with Crippen LogP contribution in [-0.4, -0.2) is 11.7 Å². The number of amidine groups is 2. The zero-order valence-corrected chi connectivity index (χ0v) is 28.5. The van der Waals surface area contributed by atoms with Crippen LogP contribution in [0.15, 0.2) is 185 Å². The number of aliphatic imine (C=N–C) groups is 2. The monoisotopic (exact) mass is 675 g/mol. The summed E-state index contributed by atoms with van der Waals surface area (Å²) in [5.74, 6) is 2.43. The van der Waals surface area contributed by atoms with Crippen LogP contribution in [0, 0.1) is 0 Å². The third-order valence-corrected chi connectivity index (χ3v) is 9.87. The fourth-order valence-electron chi connectivity index (χ4n) is 7.14. The maximum atomic E-state index is 6.75. The van der Waals surface area contributed by atoms with Crippen molar-refractivity contribution < 1.29 is 4.74 Å². The van der Waals surface area contributed by atoms with Gasteiger partial charge in [0, 0.05) is 27.9 Å². The molecule has 0 spiro atoms. The summed E-state index contributed by atoms with van der Waals surface area (Å²) in [5, 5.41) is 7.17. The van der Waals surface area contributed by atoms with E-state index in [2.05, 4.69) is 108 Å². The standard InChI is InChI=1S/C46H37N5O/c47-40-29-37(27-28-38(40)39-17-10-18-41-42(39)48-46(52-41)36-15-8-3-9-16-36)32-21-19-30(20-22-32)31-23-25-35(26-24-31)45-50-43(33-11-4-1-5-12-33)49-44(51-45)34-13-6-2-7-14-34/h1-9,11-16,18-29,43,46,48H,10,17,47H2,(H,49,50,51). The highest BCUT2D eigenvalue weighted by molar-refractivity contribution is 6.13. The fourth-order valence-corrected chi connectivity index (χ4v) is 7.14. The summed E-state index contributed by atoms with van der Waals surface area (Å²) in [4.78, 5) is 9.90. The van der Waals surface area contributed by atoms with E-state index in [-0.39, 0.29) is 12.4 Å². The van der Waals surface area contributed by atoms with E-state index in [1.54, 1.807) is 0 Å². The van der Waals surface area contributed by atoms with Gasteiger partial charge in [0.2, 0.25) is 0 Å². The van der Waals surface area contributed by atoms with Gasteiger partial charge < -0.3 is 21.1 Å². The highest BCUT2D eigenvalue weighted by Crippen LogP contribution is 2.41. The van der Waals surface area contributed by atoms with E-state index in [0.717, 1.165) is 91.7 Å². The van der Waals surface area contributed by atoms with E-state index < -0.39 is 0 Å². The number of ether oxygens (including phenoxy) is 1. The maximum absolute atomic E-state index is 6.75. The van der Waals surface area contributed by atoms with Gasteiger partial charge in [-0.15, -0.1) is 0 Å². The number of nitrogens with one attached hydrogen (secondary N) is 2. The zero-order chi connectivity index (χ0) is 34.9. The molecule has 6 aromatic carbocycles. The third kappa shape index (κ3) is 6.16. The van der Waals surface area contributed by atoms with Gasteiger partial charge >= 0.3 is 0 Å². The number of anilines is 1. The van der Waals surface area contributed by atoms with E-state index >= 15 is 0 Å². The minimum absolute atomic E-state index is 0.197. The number of allylic oxidation sites excluding steroid dienone is 2. The molecule has 4 N–H and O–H groups in total. The highest BCUT2D eigenvalue weighted by Gasteiger charge is 2.31. The maximum Gasteiger partial charge on any atom is 0.196 e.